The number of halogens is 3. The smallest absolute Gasteiger partial charge is 0.407 e. The molecule has 0 saturated carbocycles. The lowest BCUT2D eigenvalue weighted by atomic mass is 9.95. The van der Waals surface area contributed by atoms with E-state index in [2.05, 4.69) is 14.9 Å². The summed E-state index contributed by atoms with van der Waals surface area (Å²) in [7, 11) is -3.35. The first kappa shape index (κ1) is 26.4. The largest absolute Gasteiger partial charge is 0.573 e. The van der Waals surface area contributed by atoms with Crippen molar-refractivity contribution in [1.82, 2.24) is 10.2 Å². The van der Waals surface area contributed by atoms with Crippen LogP contribution in [0, 0.1) is 18.4 Å². The summed E-state index contributed by atoms with van der Waals surface area (Å²) >= 11 is 0. The molecule has 1 heterocycles. The number of rotatable bonds is 8. The van der Waals surface area contributed by atoms with Gasteiger partial charge < -0.3 is 15.0 Å². The lowest BCUT2D eigenvalue weighted by Crippen LogP contribution is -2.48. The minimum Gasteiger partial charge on any atom is -0.407 e. The number of nitrogens with zero attached hydrogens (tertiary/aromatic N) is 2. The molecule has 33 heavy (non-hydrogen) atoms. The number of amides is 2. The Bertz CT molecular complexity index is 1020. The van der Waals surface area contributed by atoms with Crippen molar-refractivity contribution in [3.63, 3.8) is 0 Å². The van der Waals surface area contributed by atoms with E-state index in [0.717, 1.165) is 12.3 Å². The van der Waals surface area contributed by atoms with Crippen LogP contribution in [0.1, 0.15) is 31.7 Å². The lowest BCUT2D eigenvalue weighted by molar-refractivity contribution is -0.274. The van der Waals surface area contributed by atoms with E-state index in [1.54, 1.807) is 6.92 Å². The highest BCUT2D eigenvalue weighted by Gasteiger charge is 2.34. The van der Waals surface area contributed by atoms with Crippen LogP contribution < -0.4 is 10.1 Å². The average molecular weight is 490 g/mol. The minimum absolute atomic E-state index is 0.0367. The lowest BCUT2D eigenvalue weighted by Gasteiger charge is -2.34. The topological polar surface area (TPSA) is 97.1 Å². The van der Waals surface area contributed by atoms with Crippen LogP contribution in [-0.4, -0.2) is 56.6 Å². The van der Waals surface area contributed by atoms with Gasteiger partial charge in [0.15, 0.2) is 5.69 Å². The average Bonchev–Trinajstić information content (AvgIpc) is 2.74. The molecule has 182 valence electrons. The van der Waals surface area contributed by atoms with Gasteiger partial charge in [-0.15, -0.1) is 13.2 Å². The third kappa shape index (κ3) is 8.24. The Morgan fingerprint density at radius 2 is 2.06 bits per heavy atom. The monoisotopic (exact) mass is 489 g/mol. The zero-order valence-electron chi connectivity index (χ0n) is 18.3. The van der Waals surface area contributed by atoms with Crippen molar-refractivity contribution in [3.8, 4) is 5.75 Å². The molecule has 1 fully saturated rings. The Morgan fingerprint density at radius 3 is 2.64 bits per heavy atom. The Morgan fingerprint density at radius 1 is 1.36 bits per heavy atom. The molecular formula is C21H26F3N3O5S. The number of carbonyl (C=O) groups excluding carboxylic acids is 2. The van der Waals surface area contributed by atoms with Gasteiger partial charge in [0.05, 0.1) is 24.2 Å². The molecule has 0 spiro atoms. The van der Waals surface area contributed by atoms with Crippen molar-refractivity contribution < 1.29 is 35.9 Å². The highest BCUT2D eigenvalue weighted by atomic mass is 32.2. The van der Waals surface area contributed by atoms with E-state index in [4.69, 9.17) is 6.57 Å². The maximum atomic E-state index is 12.8. The Balaban J connectivity index is 2.05. The molecule has 1 N–H and O–H groups in total. The molecule has 12 heteroatoms. The summed E-state index contributed by atoms with van der Waals surface area (Å²) in [6.45, 7) is 8.93. The van der Waals surface area contributed by atoms with Crippen LogP contribution in [0.4, 0.5) is 18.9 Å². The van der Waals surface area contributed by atoms with E-state index in [-0.39, 0.29) is 36.0 Å². The summed E-state index contributed by atoms with van der Waals surface area (Å²) in [6, 6.07) is 3.56. The molecule has 1 aliphatic rings. The van der Waals surface area contributed by atoms with E-state index in [9.17, 15) is 31.2 Å². The van der Waals surface area contributed by atoms with Crippen molar-refractivity contribution in [2.24, 2.45) is 11.8 Å². The molecule has 1 aliphatic heterocycles. The van der Waals surface area contributed by atoms with Gasteiger partial charge >= 0.3 is 6.36 Å². The fourth-order valence-electron chi connectivity index (χ4n) is 3.68. The summed E-state index contributed by atoms with van der Waals surface area (Å²) in [5.74, 6) is -2.86. The molecule has 0 aliphatic carbocycles. The summed E-state index contributed by atoms with van der Waals surface area (Å²) in [4.78, 5) is 30.0. The number of hydrogen-bond donors (Lipinski definition) is 1. The number of piperidine rings is 1. The minimum atomic E-state index is -4.95. The van der Waals surface area contributed by atoms with Crippen LogP contribution in [0.3, 0.4) is 0 Å². The van der Waals surface area contributed by atoms with Gasteiger partial charge in [0.2, 0.25) is 11.8 Å². The number of hydrogen-bond acceptors (Lipinski definition) is 5. The number of likely N-dealkylation sites (tertiary alicyclic amines) is 1. The van der Waals surface area contributed by atoms with Gasteiger partial charge in [0.25, 0.3) is 0 Å². The third-order valence-corrected chi connectivity index (χ3v) is 6.32. The van der Waals surface area contributed by atoms with Gasteiger partial charge in [-0.05, 0) is 25.3 Å². The second-order valence-electron chi connectivity index (χ2n) is 7.99. The maximum Gasteiger partial charge on any atom is 0.573 e. The number of alkyl halides is 3. The highest BCUT2D eigenvalue weighted by molar-refractivity contribution is 7.90. The molecule has 2 atom stereocenters. The van der Waals surface area contributed by atoms with E-state index < -0.39 is 39.7 Å². The van der Waals surface area contributed by atoms with Gasteiger partial charge in [-0.25, -0.2) is 13.3 Å². The van der Waals surface area contributed by atoms with Gasteiger partial charge in [-0.3, -0.25) is 9.59 Å². The number of sulfone groups is 1. The van der Waals surface area contributed by atoms with Crippen LogP contribution in [0.2, 0.25) is 0 Å². The SMILES string of the molecule is [C-]#[N+]c1ccc(CNC(=O)[C@@H]2CCCN(C(=O)[C@@H](CC)CS(C)(=O)=O)C2)c(OC(F)(F)F)c1. The second-order valence-corrected chi connectivity index (χ2v) is 10.2. The van der Waals surface area contributed by atoms with Crippen LogP contribution >= 0.6 is 0 Å². The van der Waals surface area contributed by atoms with Crippen LogP contribution in [0.5, 0.6) is 5.75 Å². The molecule has 8 nitrogen and oxygen atoms in total. The standard InChI is InChI=1S/C21H26F3N3O5S/c1-4-14(13-33(3,30)31)20(29)27-9-5-6-16(12-27)19(28)26-11-15-7-8-17(25-2)10-18(15)32-21(22,23)24/h7-8,10,14,16H,4-6,9,11-13H2,1,3H3,(H,26,28)/t14-,16+/m0/s1. The highest BCUT2D eigenvalue weighted by Crippen LogP contribution is 2.30. The summed E-state index contributed by atoms with van der Waals surface area (Å²) in [5, 5.41) is 2.58. The van der Waals surface area contributed by atoms with Gasteiger partial charge in [-0.2, -0.15) is 0 Å². The number of nitrogens with one attached hydrogen (secondary N) is 1. The van der Waals surface area contributed by atoms with Crippen LogP contribution in [0.25, 0.3) is 4.85 Å². The van der Waals surface area contributed by atoms with Gasteiger partial charge in [-0.1, -0.05) is 19.1 Å². The second kappa shape index (κ2) is 10.9. The molecule has 1 aromatic carbocycles. The Kier molecular flexibility index (Phi) is 8.71. The zero-order chi connectivity index (χ0) is 24.8. The molecule has 1 saturated heterocycles. The molecule has 2 rings (SSSR count). The van der Waals surface area contributed by atoms with Crippen LogP contribution in [-0.2, 0) is 26.0 Å². The van der Waals surface area contributed by atoms with Crippen LogP contribution in [0.15, 0.2) is 18.2 Å². The molecule has 0 unspecified atom stereocenters. The van der Waals surface area contributed by atoms with E-state index in [0.29, 0.717) is 25.8 Å². The van der Waals surface area contributed by atoms with E-state index in [1.165, 1.54) is 17.0 Å². The molecule has 1 aromatic rings. The van der Waals surface area contributed by atoms with E-state index in [1.807, 2.05) is 0 Å². The Hall–Kier alpha value is -2.81. The Labute approximate surface area is 190 Å². The predicted molar refractivity (Wildman–Crippen MR) is 114 cm³/mol. The fourth-order valence-corrected chi connectivity index (χ4v) is 4.79. The van der Waals surface area contributed by atoms with Crippen molar-refractivity contribution in [3.05, 3.63) is 35.2 Å². The summed E-state index contributed by atoms with van der Waals surface area (Å²) in [5.41, 5.74) is 0.0151. The quantitative estimate of drug-likeness (QED) is 0.566. The molecule has 2 amide bonds. The first-order valence-electron chi connectivity index (χ1n) is 10.3. The molecule has 0 aromatic heterocycles. The zero-order valence-corrected chi connectivity index (χ0v) is 19.1. The summed E-state index contributed by atoms with van der Waals surface area (Å²) < 4.78 is 65.3. The van der Waals surface area contributed by atoms with Crippen molar-refractivity contribution in [2.45, 2.75) is 39.1 Å². The van der Waals surface area contributed by atoms with Crippen molar-refractivity contribution in [2.75, 3.05) is 25.1 Å². The van der Waals surface area contributed by atoms with Crippen molar-refractivity contribution >= 4 is 27.3 Å². The number of benzene rings is 1. The number of ether oxygens (including phenoxy) is 1. The molecule has 0 bridgehead atoms. The van der Waals surface area contributed by atoms with E-state index >= 15 is 0 Å². The van der Waals surface area contributed by atoms with Crippen molar-refractivity contribution in [1.29, 1.82) is 0 Å². The van der Waals surface area contributed by atoms with Gasteiger partial charge in [0, 0.05) is 31.5 Å². The predicted octanol–water partition coefficient (Wildman–Crippen LogP) is 3.06. The first-order chi connectivity index (χ1) is 15.3. The summed E-state index contributed by atoms with van der Waals surface area (Å²) in [6.07, 6.45) is -2.51. The molecular weight excluding hydrogens is 463 g/mol. The maximum absolute atomic E-state index is 12.8. The normalized spacial score (nSPS) is 17.7. The first-order valence-corrected chi connectivity index (χ1v) is 12.4. The fraction of sp³-hybridized carbons (Fsp3) is 0.571. The van der Waals surface area contributed by atoms with Gasteiger partial charge in [0.1, 0.15) is 15.6 Å². The third-order valence-electron chi connectivity index (χ3n) is 5.31. The number of carbonyl (C=O) groups is 2. The molecule has 0 radical (unpaired) electrons.